The predicted molar refractivity (Wildman–Crippen MR) is 81.3 cm³/mol. The van der Waals surface area contributed by atoms with Crippen molar-refractivity contribution < 1.29 is 14.5 Å². The van der Waals surface area contributed by atoms with Gasteiger partial charge in [0, 0.05) is 18.2 Å². The van der Waals surface area contributed by atoms with Gasteiger partial charge >= 0.3 is 6.09 Å². The molecule has 0 saturated heterocycles. The van der Waals surface area contributed by atoms with E-state index >= 15 is 0 Å². The molecular formula is C16H16N2O4. The number of nitro benzene ring substituents is 1. The maximum atomic E-state index is 11.7. The zero-order valence-electron chi connectivity index (χ0n) is 12.1. The zero-order chi connectivity index (χ0) is 15.9. The largest absolute Gasteiger partial charge is 0.445 e. The summed E-state index contributed by atoms with van der Waals surface area (Å²) in [5.74, 6) is 0. The van der Waals surface area contributed by atoms with Gasteiger partial charge in [0.05, 0.1) is 4.92 Å². The van der Waals surface area contributed by atoms with E-state index in [4.69, 9.17) is 4.74 Å². The van der Waals surface area contributed by atoms with Crippen molar-refractivity contribution in [2.75, 3.05) is 0 Å². The number of nitrogens with one attached hydrogen (secondary N) is 1. The average Bonchev–Trinajstić information content (AvgIpc) is 2.52. The molecule has 1 amide bonds. The topological polar surface area (TPSA) is 81.5 Å². The summed E-state index contributed by atoms with van der Waals surface area (Å²) < 4.78 is 5.08. The Morgan fingerprint density at radius 1 is 1.18 bits per heavy atom. The van der Waals surface area contributed by atoms with Crippen LogP contribution in [0.3, 0.4) is 0 Å². The molecule has 0 heterocycles. The van der Waals surface area contributed by atoms with E-state index in [0.29, 0.717) is 11.1 Å². The fraction of sp³-hybridized carbons (Fsp3) is 0.188. The van der Waals surface area contributed by atoms with Crippen molar-refractivity contribution in [3.8, 4) is 0 Å². The number of rotatable bonds is 5. The van der Waals surface area contributed by atoms with Crippen LogP contribution in [0.15, 0.2) is 48.5 Å². The minimum absolute atomic E-state index is 0.0388. The highest BCUT2D eigenvalue weighted by Crippen LogP contribution is 2.20. The van der Waals surface area contributed by atoms with Gasteiger partial charge in [-0.1, -0.05) is 42.5 Å². The molecular weight excluding hydrogens is 284 g/mol. The SMILES string of the molecule is Cc1c(CNC(=O)OCc2ccccc2)cccc1[N+](=O)[O-]. The lowest BCUT2D eigenvalue weighted by Gasteiger charge is -2.09. The first-order valence-corrected chi connectivity index (χ1v) is 6.75. The first kappa shape index (κ1) is 15.5. The monoisotopic (exact) mass is 300 g/mol. The van der Waals surface area contributed by atoms with Gasteiger partial charge in [-0.3, -0.25) is 10.1 Å². The number of ether oxygens (including phenoxy) is 1. The highest BCUT2D eigenvalue weighted by molar-refractivity contribution is 5.67. The molecule has 0 bridgehead atoms. The molecule has 2 aromatic carbocycles. The van der Waals surface area contributed by atoms with Gasteiger partial charge < -0.3 is 10.1 Å². The molecule has 0 aliphatic heterocycles. The van der Waals surface area contributed by atoms with Gasteiger partial charge in [-0.05, 0) is 18.1 Å². The third-order valence-electron chi connectivity index (χ3n) is 3.25. The molecule has 0 atom stereocenters. The van der Waals surface area contributed by atoms with Crippen LogP contribution in [0.1, 0.15) is 16.7 Å². The molecule has 114 valence electrons. The summed E-state index contributed by atoms with van der Waals surface area (Å²) in [5.41, 5.74) is 2.16. The lowest BCUT2D eigenvalue weighted by molar-refractivity contribution is -0.385. The van der Waals surface area contributed by atoms with Crippen molar-refractivity contribution in [2.45, 2.75) is 20.1 Å². The minimum Gasteiger partial charge on any atom is -0.445 e. The van der Waals surface area contributed by atoms with Crippen molar-refractivity contribution in [2.24, 2.45) is 0 Å². The van der Waals surface area contributed by atoms with E-state index in [1.54, 1.807) is 19.1 Å². The van der Waals surface area contributed by atoms with Crippen molar-refractivity contribution in [1.29, 1.82) is 0 Å². The van der Waals surface area contributed by atoms with Crippen LogP contribution in [-0.4, -0.2) is 11.0 Å². The van der Waals surface area contributed by atoms with E-state index in [-0.39, 0.29) is 18.8 Å². The number of hydrogen-bond donors (Lipinski definition) is 1. The van der Waals surface area contributed by atoms with Crippen LogP contribution in [0.4, 0.5) is 10.5 Å². The van der Waals surface area contributed by atoms with Crippen LogP contribution >= 0.6 is 0 Å². The normalized spacial score (nSPS) is 10.0. The highest BCUT2D eigenvalue weighted by atomic mass is 16.6. The van der Waals surface area contributed by atoms with E-state index in [1.807, 2.05) is 30.3 Å². The zero-order valence-corrected chi connectivity index (χ0v) is 12.1. The molecule has 0 unspecified atom stereocenters. The smallest absolute Gasteiger partial charge is 0.407 e. The lowest BCUT2D eigenvalue weighted by atomic mass is 10.1. The van der Waals surface area contributed by atoms with Crippen molar-refractivity contribution in [3.63, 3.8) is 0 Å². The molecule has 2 aromatic rings. The first-order chi connectivity index (χ1) is 10.6. The molecule has 0 saturated carbocycles. The van der Waals surface area contributed by atoms with Crippen LogP contribution in [0.2, 0.25) is 0 Å². The fourth-order valence-corrected chi connectivity index (χ4v) is 2.00. The second kappa shape index (κ2) is 7.21. The Hall–Kier alpha value is -2.89. The number of alkyl carbamates (subject to hydrolysis) is 1. The number of nitrogens with zero attached hydrogens (tertiary/aromatic N) is 1. The molecule has 2 rings (SSSR count). The summed E-state index contributed by atoms with van der Waals surface area (Å²) in [6, 6.07) is 14.1. The van der Waals surface area contributed by atoms with Gasteiger partial charge in [-0.25, -0.2) is 4.79 Å². The Kier molecular flexibility index (Phi) is 5.08. The molecule has 0 fully saturated rings. The average molecular weight is 300 g/mol. The summed E-state index contributed by atoms with van der Waals surface area (Å²) in [4.78, 5) is 22.1. The number of hydrogen-bond acceptors (Lipinski definition) is 4. The molecule has 0 radical (unpaired) electrons. The Balaban J connectivity index is 1.89. The number of carbonyl (C=O) groups excluding carboxylic acids is 1. The number of carbonyl (C=O) groups is 1. The van der Waals surface area contributed by atoms with Gasteiger partial charge in [-0.15, -0.1) is 0 Å². The second-order valence-corrected chi connectivity index (χ2v) is 4.73. The summed E-state index contributed by atoms with van der Waals surface area (Å²) in [6.45, 7) is 2.02. The summed E-state index contributed by atoms with van der Waals surface area (Å²) in [7, 11) is 0. The van der Waals surface area contributed by atoms with Gasteiger partial charge in [0.25, 0.3) is 5.69 Å². The first-order valence-electron chi connectivity index (χ1n) is 6.75. The quantitative estimate of drug-likeness (QED) is 0.678. The molecule has 6 nitrogen and oxygen atoms in total. The molecule has 1 N–H and O–H groups in total. The summed E-state index contributed by atoms with van der Waals surface area (Å²) >= 11 is 0. The van der Waals surface area contributed by atoms with Gasteiger partial charge in [0.2, 0.25) is 0 Å². The van der Waals surface area contributed by atoms with E-state index < -0.39 is 11.0 Å². The third-order valence-corrected chi connectivity index (χ3v) is 3.25. The van der Waals surface area contributed by atoms with E-state index in [2.05, 4.69) is 5.32 Å². The standard InChI is InChI=1S/C16H16N2O4/c1-12-14(8-5-9-15(12)18(20)21)10-17-16(19)22-11-13-6-3-2-4-7-13/h2-9H,10-11H2,1H3,(H,17,19). The van der Waals surface area contributed by atoms with Gasteiger partial charge in [0.1, 0.15) is 6.61 Å². The Morgan fingerprint density at radius 3 is 2.59 bits per heavy atom. The molecule has 0 aliphatic rings. The van der Waals surface area contributed by atoms with Crippen molar-refractivity contribution in [1.82, 2.24) is 5.32 Å². The Bertz CT molecular complexity index is 671. The molecule has 0 aromatic heterocycles. The Morgan fingerprint density at radius 2 is 1.91 bits per heavy atom. The van der Waals surface area contributed by atoms with E-state index in [0.717, 1.165) is 5.56 Å². The second-order valence-electron chi connectivity index (χ2n) is 4.73. The fourth-order valence-electron chi connectivity index (χ4n) is 2.00. The van der Waals surface area contributed by atoms with Crippen LogP contribution < -0.4 is 5.32 Å². The molecule has 6 heteroatoms. The maximum absolute atomic E-state index is 11.7. The number of nitro groups is 1. The van der Waals surface area contributed by atoms with E-state index in [1.165, 1.54) is 6.07 Å². The van der Waals surface area contributed by atoms with Crippen molar-refractivity contribution >= 4 is 11.8 Å². The van der Waals surface area contributed by atoms with Crippen molar-refractivity contribution in [3.05, 3.63) is 75.3 Å². The van der Waals surface area contributed by atoms with Gasteiger partial charge in [0.15, 0.2) is 0 Å². The number of amides is 1. The van der Waals surface area contributed by atoms with Crippen LogP contribution in [0.25, 0.3) is 0 Å². The Labute approximate surface area is 127 Å². The van der Waals surface area contributed by atoms with Crippen LogP contribution in [-0.2, 0) is 17.9 Å². The molecule has 0 aliphatic carbocycles. The molecule has 0 spiro atoms. The summed E-state index contributed by atoms with van der Waals surface area (Å²) in [5, 5.41) is 13.5. The predicted octanol–water partition coefficient (Wildman–Crippen LogP) is 3.33. The number of benzene rings is 2. The third kappa shape index (κ3) is 4.05. The van der Waals surface area contributed by atoms with Gasteiger partial charge in [-0.2, -0.15) is 0 Å². The minimum atomic E-state index is -0.560. The van der Waals surface area contributed by atoms with Crippen LogP contribution in [0.5, 0.6) is 0 Å². The van der Waals surface area contributed by atoms with Crippen LogP contribution in [0, 0.1) is 17.0 Å². The lowest BCUT2D eigenvalue weighted by Crippen LogP contribution is -2.24. The maximum Gasteiger partial charge on any atom is 0.407 e. The van der Waals surface area contributed by atoms with E-state index in [9.17, 15) is 14.9 Å². The molecule has 22 heavy (non-hydrogen) atoms. The summed E-state index contributed by atoms with van der Waals surface area (Å²) in [6.07, 6.45) is -0.560. The highest BCUT2D eigenvalue weighted by Gasteiger charge is 2.13.